The highest BCUT2D eigenvalue weighted by Gasteiger charge is 2.31. The molecule has 13 heteroatoms. The van der Waals surface area contributed by atoms with Gasteiger partial charge in [-0.05, 0) is 47.7 Å². The van der Waals surface area contributed by atoms with E-state index in [1.807, 2.05) is 6.92 Å². The Morgan fingerprint density at radius 2 is 1.14 bits per heavy atom. The quantitative estimate of drug-likeness (QED) is 0.137. The number of benzene rings is 2. The second-order valence-electron chi connectivity index (χ2n) is 10.1. The number of carbonyl (C=O) groups is 5. The van der Waals surface area contributed by atoms with Crippen LogP contribution in [0.3, 0.4) is 0 Å². The van der Waals surface area contributed by atoms with Crippen molar-refractivity contribution in [2.24, 2.45) is 11.7 Å². The van der Waals surface area contributed by atoms with Crippen molar-refractivity contribution in [3.05, 3.63) is 59.7 Å². The van der Waals surface area contributed by atoms with Crippen LogP contribution in [-0.4, -0.2) is 74.3 Å². The number of phenolic OH excluding ortho intramolecular Hbond substituents is 2. The van der Waals surface area contributed by atoms with Crippen molar-refractivity contribution in [1.29, 1.82) is 0 Å². The van der Waals surface area contributed by atoms with E-state index in [0.717, 1.165) is 0 Å². The molecule has 13 nitrogen and oxygen atoms in total. The van der Waals surface area contributed by atoms with Gasteiger partial charge in [-0.3, -0.25) is 19.2 Å². The smallest absolute Gasteiger partial charge is 0.326 e. The molecule has 0 aliphatic carbocycles. The first-order valence-corrected chi connectivity index (χ1v) is 13.5. The maximum Gasteiger partial charge on any atom is 0.326 e. The van der Waals surface area contributed by atoms with E-state index in [-0.39, 0.29) is 36.7 Å². The molecule has 0 heterocycles. The largest absolute Gasteiger partial charge is 0.508 e. The van der Waals surface area contributed by atoms with E-state index < -0.39 is 60.2 Å². The van der Waals surface area contributed by atoms with Crippen LogP contribution in [-0.2, 0) is 36.8 Å². The Morgan fingerprint density at radius 1 is 0.714 bits per heavy atom. The number of nitrogens with two attached hydrogens (primary N) is 1. The van der Waals surface area contributed by atoms with Gasteiger partial charge in [-0.25, -0.2) is 4.79 Å². The Morgan fingerprint density at radius 3 is 1.60 bits per heavy atom. The lowest BCUT2D eigenvalue weighted by molar-refractivity contribution is -0.143. The van der Waals surface area contributed by atoms with Crippen LogP contribution in [0.15, 0.2) is 48.5 Å². The number of amides is 3. The molecule has 5 atom stereocenters. The average molecular weight is 587 g/mol. The number of nitrogens with one attached hydrogen (secondary N) is 3. The number of hydrogen-bond donors (Lipinski definition) is 8. The van der Waals surface area contributed by atoms with Gasteiger partial charge in [0, 0.05) is 19.3 Å². The van der Waals surface area contributed by atoms with E-state index in [1.165, 1.54) is 36.4 Å². The van der Waals surface area contributed by atoms with Crippen LogP contribution in [0, 0.1) is 5.92 Å². The molecule has 0 aliphatic rings. The highest BCUT2D eigenvalue weighted by atomic mass is 16.4. The molecule has 0 saturated carbocycles. The van der Waals surface area contributed by atoms with Gasteiger partial charge in [0.15, 0.2) is 0 Å². The molecule has 0 bridgehead atoms. The molecule has 5 unspecified atom stereocenters. The van der Waals surface area contributed by atoms with Crippen molar-refractivity contribution >= 4 is 29.7 Å². The molecule has 2 aromatic rings. The van der Waals surface area contributed by atoms with Gasteiger partial charge in [0.05, 0.1) is 6.04 Å². The van der Waals surface area contributed by atoms with E-state index in [2.05, 4.69) is 16.0 Å². The van der Waals surface area contributed by atoms with Gasteiger partial charge < -0.3 is 42.1 Å². The Labute approximate surface area is 243 Å². The van der Waals surface area contributed by atoms with E-state index in [4.69, 9.17) is 5.73 Å². The molecule has 0 saturated heterocycles. The molecular formula is C29H38N4O9. The summed E-state index contributed by atoms with van der Waals surface area (Å²) in [5.41, 5.74) is 7.11. The number of carboxylic acids is 2. The fourth-order valence-corrected chi connectivity index (χ4v) is 4.01. The number of rotatable bonds is 16. The summed E-state index contributed by atoms with van der Waals surface area (Å²) < 4.78 is 0. The molecule has 3 amide bonds. The SMILES string of the molecule is CCC(C)C(N)C(=O)NC(Cc1ccc(O)cc1)C(=O)NC(CCC(=O)O)C(=O)NC(Cc1ccc(O)cc1)C(=O)O. The lowest BCUT2D eigenvalue weighted by Gasteiger charge is -2.26. The number of phenols is 2. The van der Waals surface area contributed by atoms with Crippen LogP contribution < -0.4 is 21.7 Å². The number of aromatic hydroxyl groups is 2. The standard InChI is InChI=1S/C29H38N4O9/c1-3-16(2)25(30)28(40)32-22(14-17-4-8-19(34)9-5-17)27(39)31-21(12-13-24(36)37)26(38)33-23(29(41)42)15-18-6-10-20(35)11-7-18/h4-11,16,21-23,25,34-35H,3,12-15,30H2,1-2H3,(H,31,39)(H,32,40)(H,33,38)(H,36,37)(H,41,42). The predicted octanol–water partition coefficient (Wildman–Crippen LogP) is 0.660. The molecule has 0 aromatic heterocycles. The minimum atomic E-state index is -1.45. The summed E-state index contributed by atoms with van der Waals surface area (Å²) in [4.78, 5) is 62.6. The van der Waals surface area contributed by atoms with Gasteiger partial charge in [-0.15, -0.1) is 0 Å². The molecule has 0 radical (unpaired) electrons. The van der Waals surface area contributed by atoms with Gasteiger partial charge >= 0.3 is 11.9 Å². The van der Waals surface area contributed by atoms with E-state index in [9.17, 15) is 44.4 Å². The lowest BCUT2D eigenvalue weighted by atomic mass is 9.98. The fourth-order valence-electron chi connectivity index (χ4n) is 4.01. The van der Waals surface area contributed by atoms with Gasteiger partial charge in [-0.2, -0.15) is 0 Å². The van der Waals surface area contributed by atoms with Gasteiger partial charge in [0.25, 0.3) is 0 Å². The van der Waals surface area contributed by atoms with Crippen LogP contribution in [0.2, 0.25) is 0 Å². The first-order chi connectivity index (χ1) is 19.8. The van der Waals surface area contributed by atoms with Crippen LogP contribution in [0.4, 0.5) is 0 Å². The lowest BCUT2D eigenvalue weighted by Crippen LogP contribution is -2.58. The minimum absolute atomic E-state index is 0.00623. The molecule has 42 heavy (non-hydrogen) atoms. The molecule has 0 aliphatic heterocycles. The second-order valence-corrected chi connectivity index (χ2v) is 10.1. The zero-order valence-corrected chi connectivity index (χ0v) is 23.4. The molecule has 0 fully saturated rings. The maximum atomic E-state index is 13.4. The van der Waals surface area contributed by atoms with Crippen molar-refractivity contribution in [2.75, 3.05) is 0 Å². The Hall–Kier alpha value is -4.65. The summed E-state index contributed by atoms with van der Waals surface area (Å²) in [6, 6.07) is 6.58. The molecule has 228 valence electrons. The zero-order valence-electron chi connectivity index (χ0n) is 23.4. The maximum absolute atomic E-state index is 13.4. The van der Waals surface area contributed by atoms with Crippen LogP contribution >= 0.6 is 0 Å². The van der Waals surface area contributed by atoms with Gasteiger partial charge in [0.1, 0.15) is 29.6 Å². The summed E-state index contributed by atoms with van der Waals surface area (Å²) in [6.07, 6.45) is -0.451. The highest BCUT2D eigenvalue weighted by Crippen LogP contribution is 2.14. The first kappa shape index (κ1) is 33.6. The molecule has 0 spiro atoms. The Balaban J connectivity index is 2.27. The minimum Gasteiger partial charge on any atom is -0.508 e. The zero-order chi connectivity index (χ0) is 31.4. The van der Waals surface area contributed by atoms with E-state index in [1.54, 1.807) is 19.1 Å². The summed E-state index contributed by atoms with van der Waals surface area (Å²) in [5.74, 6) is -5.18. The number of carboxylic acid groups (broad SMARTS) is 2. The Bertz CT molecular complexity index is 1230. The number of aliphatic carboxylic acids is 2. The Kier molecular flexibility index (Phi) is 12.8. The van der Waals surface area contributed by atoms with Crippen molar-refractivity contribution in [1.82, 2.24) is 16.0 Å². The monoisotopic (exact) mass is 586 g/mol. The molecule has 2 rings (SSSR count). The van der Waals surface area contributed by atoms with Crippen molar-refractivity contribution in [3.8, 4) is 11.5 Å². The predicted molar refractivity (Wildman–Crippen MR) is 151 cm³/mol. The topological polar surface area (TPSA) is 228 Å². The number of carbonyl (C=O) groups excluding carboxylic acids is 3. The first-order valence-electron chi connectivity index (χ1n) is 13.5. The third kappa shape index (κ3) is 10.7. The highest BCUT2D eigenvalue weighted by molar-refractivity contribution is 5.94. The van der Waals surface area contributed by atoms with Crippen molar-refractivity contribution in [2.45, 2.75) is 70.1 Å². The summed E-state index contributed by atoms with van der Waals surface area (Å²) >= 11 is 0. The van der Waals surface area contributed by atoms with Gasteiger partial charge in [-0.1, -0.05) is 44.5 Å². The van der Waals surface area contributed by atoms with Crippen molar-refractivity contribution < 1.29 is 44.4 Å². The van der Waals surface area contributed by atoms with Crippen LogP contribution in [0.1, 0.15) is 44.2 Å². The number of hydrogen-bond acceptors (Lipinski definition) is 8. The van der Waals surface area contributed by atoms with Crippen LogP contribution in [0.25, 0.3) is 0 Å². The molecular weight excluding hydrogens is 548 g/mol. The fraction of sp³-hybridized carbons (Fsp3) is 0.414. The summed E-state index contributed by atoms with van der Waals surface area (Å²) in [6.45, 7) is 3.64. The third-order valence-electron chi connectivity index (χ3n) is 6.84. The molecule has 9 N–H and O–H groups in total. The van der Waals surface area contributed by atoms with Crippen molar-refractivity contribution in [3.63, 3.8) is 0 Å². The summed E-state index contributed by atoms with van der Waals surface area (Å²) in [7, 11) is 0. The van der Waals surface area contributed by atoms with E-state index >= 15 is 0 Å². The van der Waals surface area contributed by atoms with Gasteiger partial charge in [0.2, 0.25) is 17.7 Å². The summed E-state index contributed by atoms with van der Waals surface area (Å²) in [5, 5.41) is 45.3. The van der Waals surface area contributed by atoms with Crippen LogP contribution in [0.5, 0.6) is 11.5 Å². The second kappa shape index (κ2) is 16.0. The molecule has 2 aromatic carbocycles. The van der Waals surface area contributed by atoms with E-state index in [0.29, 0.717) is 17.5 Å². The normalized spacial score (nSPS) is 14.5. The third-order valence-corrected chi connectivity index (χ3v) is 6.84. The average Bonchev–Trinajstić information content (AvgIpc) is 2.95.